The fourth-order valence-corrected chi connectivity index (χ4v) is 2.23. The second-order valence-corrected chi connectivity index (χ2v) is 5.40. The molecule has 0 heterocycles. The quantitative estimate of drug-likeness (QED) is 0.745. The highest BCUT2D eigenvalue weighted by Crippen LogP contribution is 2.17. The lowest BCUT2D eigenvalue weighted by molar-refractivity contribution is -0.119. The number of benzene rings is 1. The molecule has 0 amide bonds. The van der Waals surface area contributed by atoms with Crippen molar-refractivity contribution in [1.29, 1.82) is 0 Å². The van der Waals surface area contributed by atoms with Crippen molar-refractivity contribution in [2.45, 2.75) is 40.0 Å². The van der Waals surface area contributed by atoms with Crippen LogP contribution in [0.2, 0.25) is 0 Å². The van der Waals surface area contributed by atoms with E-state index in [9.17, 15) is 13.6 Å². The van der Waals surface area contributed by atoms with E-state index in [4.69, 9.17) is 0 Å². The number of ketones is 1. The summed E-state index contributed by atoms with van der Waals surface area (Å²) in [6.07, 6.45) is 1.68. The fraction of sp³-hybridized carbons (Fsp3) is 0.533. The summed E-state index contributed by atoms with van der Waals surface area (Å²) >= 11 is 0. The number of hydrogen-bond acceptors (Lipinski definition) is 1. The van der Waals surface area contributed by atoms with Crippen molar-refractivity contribution in [2.24, 2.45) is 11.8 Å². The monoisotopic (exact) mass is 254 g/mol. The standard InChI is InChI=1S/C15H20F2O/c1-10(2)6-11(3)7-13(18)8-12-4-5-14(16)15(17)9-12/h4-5,9-11H,6-8H2,1-3H3. The lowest BCUT2D eigenvalue weighted by Crippen LogP contribution is -2.10. The lowest BCUT2D eigenvalue weighted by Gasteiger charge is -2.12. The minimum Gasteiger partial charge on any atom is -0.299 e. The average Bonchev–Trinajstić information content (AvgIpc) is 2.21. The van der Waals surface area contributed by atoms with E-state index < -0.39 is 11.6 Å². The Morgan fingerprint density at radius 3 is 2.39 bits per heavy atom. The van der Waals surface area contributed by atoms with E-state index in [0.717, 1.165) is 18.6 Å². The Morgan fingerprint density at radius 1 is 1.17 bits per heavy atom. The number of Topliss-reactive ketones (excluding diaryl/α,β-unsaturated/α-hetero) is 1. The molecule has 18 heavy (non-hydrogen) atoms. The first-order chi connectivity index (χ1) is 8.38. The average molecular weight is 254 g/mol. The van der Waals surface area contributed by atoms with E-state index in [1.54, 1.807) is 0 Å². The SMILES string of the molecule is CC(C)CC(C)CC(=O)Cc1ccc(F)c(F)c1. The van der Waals surface area contributed by atoms with Gasteiger partial charge in [-0.15, -0.1) is 0 Å². The summed E-state index contributed by atoms with van der Waals surface area (Å²) in [6, 6.07) is 3.62. The smallest absolute Gasteiger partial charge is 0.159 e. The van der Waals surface area contributed by atoms with Crippen LogP contribution in [0.3, 0.4) is 0 Å². The maximum atomic E-state index is 13.0. The first-order valence-corrected chi connectivity index (χ1v) is 6.34. The van der Waals surface area contributed by atoms with Crippen molar-refractivity contribution in [1.82, 2.24) is 0 Å². The molecular weight excluding hydrogens is 234 g/mol. The van der Waals surface area contributed by atoms with E-state index in [0.29, 0.717) is 23.8 Å². The number of rotatable bonds is 6. The summed E-state index contributed by atoms with van der Waals surface area (Å²) in [6.45, 7) is 6.29. The van der Waals surface area contributed by atoms with E-state index in [1.165, 1.54) is 6.07 Å². The molecule has 100 valence electrons. The Hall–Kier alpha value is -1.25. The third-order valence-electron chi connectivity index (χ3n) is 2.84. The molecule has 1 aromatic carbocycles. The van der Waals surface area contributed by atoms with Gasteiger partial charge in [0.2, 0.25) is 0 Å². The number of carbonyl (C=O) groups is 1. The molecule has 0 saturated heterocycles. The first kappa shape index (κ1) is 14.8. The van der Waals surface area contributed by atoms with Crippen LogP contribution in [0.5, 0.6) is 0 Å². The molecule has 0 aliphatic carbocycles. The van der Waals surface area contributed by atoms with Gasteiger partial charge in [-0.1, -0.05) is 26.8 Å². The molecule has 0 fully saturated rings. The van der Waals surface area contributed by atoms with Crippen LogP contribution in [-0.2, 0) is 11.2 Å². The Morgan fingerprint density at radius 2 is 1.83 bits per heavy atom. The zero-order valence-electron chi connectivity index (χ0n) is 11.2. The number of hydrogen-bond donors (Lipinski definition) is 0. The Bertz CT molecular complexity index is 413. The molecule has 0 aliphatic rings. The van der Waals surface area contributed by atoms with Crippen molar-refractivity contribution in [2.75, 3.05) is 0 Å². The summed E-state index contributed by atoms with van der Waals surface area (Å²) in [7, 11) is 0. The molecule has 0 bridgehead atoms. The zero-order chi connectivity index (χ0) is 13.7. The summed E-state index contributed by atoms with van der Waals surface area (Å²) < 4.78 is 25.7. The summed E-state index contributed by atoms with van der Waals surface area (Å²) in [4.78, 5) is 11.8. The second kappa shape index (κ2) is 6.62. The van der Waals surface area contributed by atoms with Crippen molar-refractivity contribution < 1.29 is 13.6 Å². The molecule has 0 spiro atoms. The van der Waals surface area contributed by atoms with Gasteiger partial charge in [0.1, 0.15) is 5.78 Å². The van der Waals surface area contributed by atoms with Gasteiger partial charge in [-0.05, 0) is 36.0 Å². The highest BCUT2D eigenvalue weighted by Gasteiger charge is 2.12. The van der Waals surface area contributed by atoms with Crippen molar-refractivity contribution in [3.8, 4) is 0 Å². The third-order valence-corrected chi connectivity index (χ3v) is 2.84. The van der Waals surface area contributed by atoms with E-state index >= 15 is 0 Å². The van der Waals surface area contributed by atoms with Gasteiger partial charge in [0, 0.05) is 12.8 Å². The molecule has 0 aromatic heterocycles. The molecule has 1 unspecified atom stereocenters. The highest BCUT2D eigenvalue weighted by atomic mass is 19.2. The van der Waals surface area contributed by atoms with Crippen LogP contribution in [0, 0.1) is 23.5 Å². The Labute approximate surface area is 107 Å². The van der Waals surface area contributed by atoms with Crippen LogP contribution in [-0.4, -0.2) is 5.78 Å². The van der Waals surface area contributed by atoms with Crippen molar-refractivity contribution in [3.05, 3.63) is 35.4 Å². The maximum absolute atomic E-state index is 13.0. The molecule has 0 radical (unpaired) electrons. The van der Waals surface area contributed by atoms with Gasteiger partial charge in [-0.25, -0.2) is 8.78 Å². The van der Waals surface area contributed by atoms with E-state index in [2.05, 4.69) is 13.8 Å². The molecule has 1 rings (SSSR count). The fourth-order valence-electron chi connectivity index (χ4n) is 2.23. The maximum Gasteiger partial charge on any atom is 0.159 e. The summed E-state index contributed by atoms with van der Waals surface area (Å²) in [5.41, 5.74) is 0.538. The van der Waals surface area contributed by atoms with Gasteiger partial charge in [-0.2, -0.15) is 0 Å². The minimum atomic E-state index is -0.893. The van der Waals surface area contributed by atoms with Gasteiger partial charge in [0.25, 0.3) is 0 Å². The van der Waals surface area contributed by atoms with Crippen LogP contribution in [0.4, 0.5) is 8.78 Å². The molecule has 0 aliphatic heterocycles. The Kier molecular flexibility index (Phi) is 5.45. The lowest BCUT2D eigenvalue weighted by atomic mass is 9.92. The van der Waals surface area contributed by atoms with Gasteiger partial charge < -0.3 is 0 Å². The van der Waals surface area contributed by atoms with Gasteiger partial charge in [0.05, 0.1) is 0 Å². The predicted octanol–water partition coefficient (Wildman–Crippen LogP) is 4.15. The number of halogens is 2. The van der Waals surface area contributed by atoms with Crippen LogP contribution in [0.25, 0.3) is 0 Å². The molecule has 0 N–H and O–H groups in total. The molecule has 1 atom stereocenters. The predicted molar refractivity (Wildman–Crippen MR) is 68.3 cm³/mol. The summed E-state index contributed by atoms with van der Waals surface area (Å²) in [5, 5.41) is 0. The van der Waals surface area contributed by atoms with Crippen LogP contribution < -0.4 is 0 Å². The third kappa shape index (κ3) is 4.94. The van der Waals surface area contributed by atoms with E-state index in [-0.39, 0.29) is 12.2 Å². The molecular formula is C15H20F2O. The normalized spacial score (nSPS) is 12.8. The summed E-state index contributed by atoms with van der Waals surface area (Å²) in [5.74, 6) is -0.789. The van der Waals surface area contributed by atoms with Crippen molar-refractivity contribution in [3.63, 3.8) is 0 Å². The molecule has 0 saturated carbocycles. The largest absolute Gasteiger partial charge is 0.299 e. The highest BCUT2D eigenvalue weighted by molar-refractivity contribution is 5.81. The minimum absolute atomic E-state index is 0.0779. The topological polar surface area (TPSA) is 17.1 Å². The van der Waals surface area contributed by atoms with Crippen LogP contribution in [0.1, 0.15) is 39.2 Å². The molecule has 3 heteroatoms. The first-order valence-electron chi connectivity index (χ1n) is 6.34. The Balaban J connectivity index is 2.51. The van der Waals surface area contributed by atoms with Crippen LogP contribution in [0.15, 0.2) is 18.2 Å². The van der Waals surface area contributed by atoms with Gasteiger partial charge in [0.15, 0.2) is 11.6 Å². The van der Waals surface area contributed by atoms with Gasteiger partial charge in [-0.3, -0.25) is 4.79 Å². The molecule has 1 aromatic rings. The van der Waals surface area contributed by atoms with Crippen LogP contribution >= 0.6 is 0 Å². The van der Waals surface area contributed by atoms with Gasteiger partial charge >= 0.3 is 0 Å². The van der Waals surface area contributed by atoms with Crippen molar-refractivity contribution >= 4 is 5.78 Å². The number of carbonyl (C=O) groups excluding carboxylic acids is 1. The molecule has 1 nitrogen and oxygen atoms in total. The zero-order valence-corrected chi connectivity index (χ0v) is 11.2. The second-order valence-electron chi connectivity index (χ2n) is 5.40. The van der Waals surface area contributed by atoms with E-state index in [1.807, 2.05) is 6.92 Å².